The third-order valence-corrected chi connectivity index (χ3v) is 4.46. The zero-order valence-electron chi connectivity index (χ0n) is 15.4. The Morgan fingerprint density at radius 3 is 2.58 bits per heavy atom. The molecule has 1 amide bonds. The number of benzene rings is 2. The van der Waals surface area contributed by atoms with E-state index in [0.717, 1.165) is 23.3 Å². The summed E-state index contributed by atoms with van der Waals surface area (Å²) in [4.78, 5) is 17.3. The number of rotatable bonds is 8. The number of hydrogen-bond donors (Lipinski definition) is 3. The van der Waals surface area contributed by atoms with E-state index in [1.807, 2.05) is 44.6 Å². The average Bonchev–Trinajstić information content (AvgIpc) is 3.05. The van der Waals surface area contributed by atoms with E-state index >= 15 is 0 Å². The van der Waals surface area contributed by atoms with Crippen LogP contribution in [0.15, 0.2) is 54.7 Å². The first-order chi connectivity index (χ1) is 12.6. The number of carbonyl (C=O) groups excluding carboxylic acids is 1. The van der Waals surface area contributed by atoms with Gasteiger partial charge in [0.05, 0.1) is 0 Å². The zero-order chi connectivity index (χ0) is 18.4. The van der Waals surface area contributed by atoms with Crippen molar-refractivity contribution in [2.24, 2.45) is 0 Å². The SMILES string of the molecule is CN(C)c1ccc(NCCC(=O)NCCc2c[nH]c3ccccc23)cc1. The van der Waals surface area contributed by atoms with Crippen molar-refractivity contribution in [2.45, 2.75) is 12.8 Å². The molecule has 136 valence electrons. The average molecular weight is 350 g/mol. The van der Waals surface area contributed by atoms with Gasteiger partial charge in [-0.05, 0) is 42.3 Å². The van der Waals surface area contributed by atoms with Crippen LogP contribution in [0, 0.1) is 0 Å². The van der Waals surface area contributed by atoms with E-state index in [1.54, 1.807) is 0 Å². The molecule has 5 nitrogen and oxygen atoms in total. The fraction of sp³-hybridized carbons (Fsp3) is 0.286. The molecule has 0 fully saturated rings. The number of carbonyl (C=O) groups is 1. The summed E-state index contributed by atoms with van der Waals surface area (Å²) in [6.45, 7) is 1.28. The Morgan fingerprint density at radius 1 is 1.04 bits per heavy atom. The molecule has 0 spiro atoms. The number of aromatic nitrogens is 1. The van der Waals surface area contributed by atoms with E-state index in [0.29, 0.717) is 19.5 Å². The van der Waals surface area contributed by atoms with Crippen LogP contribution in [0.25, 0.3) is 10.9 Å². The molecule has 0 saturated heterocycles. The van der Waals surface area contributed by atoms with Gasteiger partial charge in [0, 0.05) is 62.1 Å². The monoisotopic (exact) mass is 350 g/mol. The maximum absolute atomic E-state index is 12.0. The van der Waals surface area contributed by atoms with Crippen LogP contribution in [-0.2, 0) is 11.2 Å². The molecule has 26 heavy (non-hydrogen) atoms. The highest BCUT2D eigenvalue weighted by molar-refractivity contribution is 5.83. The van der Waals surface area contributed by atoms with Gasteiger partial charge >= 0.3 is 0 Å². The predicted octanol–water partition coefficient (Wildman–Crippen LogP) is 3.39. The minimum atomic E-state index is 0.0715. The topological polar surface area (TPSA) is 60.2 Å². The first kappa shape index (κ1) is 17.9. The first-order valence-corrected chi connectivity index (χ1v) is 8.96. The van der Waals surface area contributed by atoms with Crippen LogP contribution in [0.2, 0.25) is 0 Å². The van der Waals surface area contributed by atoms with Gasteiger partial charge in [0.25, 0.3) is 0 Å². The molecular formula is C21H26N4O. The van der Waals surface area contributed by atoms with Gasteiger partial charge in [-0.25, -0.2) is 0 Å². The van der Waals surface area contributed by atoms with Crippen molar-refractivity contribution in [3.63, 3.8) is 0 Å². The van der Waals surface area contributed by atoms with Crippen LogP contribution in [0.1, 0.15) is 12.0 Å². The Hall–Kier alpha value is -2.95. The molecule has 0 radical (unpaired) electrons. The lowest BCUT2D eigenvalue weighted by molar-refractivity contribution is -0.120. The number of anilines is 2. The summed E-state index contributed by atoms with van der Waals surface area (Å²) in [6.07, 6.45) is 3.31. The van der Waals surface area contributed by atoms with Gasteiger partial charge in [0.2, 0.25) is 5.91 Å². The minimum Gasteiger partial charge on any atom is -0.385 e. The summed E-state index contributed by atoms with van der Waals surface area (Å²) in [7, 11) is 4.03. The van der Waals surface area contributed by atoms with Gasteiger partial charge in [0.1, 0.15) is 0 Å². The number of amides is 1. The number of hydrogen-bond acceptors (Lipinski definition) is 3. The predicted molar refractivity (Wildman–Crippen MR) is 109 cm³/mol. The molecule has 0 saturated carbocycles. The van der Waals surface area contributed by atoms with E-state index in [-0.39, 0.29) is 5.91 Å². The molecule has 0 atom stereocenters. The number of nitrogens with zero attached hydrogens (tertiary/aromatic N) is 1. The number of para-hydroxylation sites is 1. The number of H-pyrrole nitrogens is 1. The zero-order valence-corrected chi connectivity index (χ0v) is 15.4. The molecule has 0 unspecified atom stereocenters. The number of fused-ring (bicyclic) bond motifs is 1. The van der Waals surface area contributed by atoms with Crippen molar-refractivity contribution in [3.8, 4) is 0 Å². The summed E-state index contributed by atoms with van der Waals surface area (Å²) in [5.74, 6) is 0.0715. The summed E-state index contributed by atoms with van der Waals surface area (Å²) >= 11 is 0. The molecule has 1 heterocycles. The van der Waals surface area contributed by atoms with Crippen molar-refractivity contribution < 1.29 is 4.79 Å². The van der Waals surface area contributed by atoms with Gasteiger partial charge in [0.15, 0.2) is 0 Å². The van der Waals surface area contributed by atoms with E-state index in [2.05, 4.69) is 44.8 Å². The van der Waals surface area contributed by atoms with Crippen molar-refractivity contribution in [1.82, 2.24) is 10.3 Å². The van der Waals surface area contributed by atoms with E-state index in [1.165, 1.54) is 10.9 Å². The van der Waals surface area contributed by atoms with Crippen LogP contribution in [0.4, 0.5) is 11.4 Å². The fourth-order valence-corrected chi connectivity index (χ4v) is 2.96. The van der Waals surface area contributed by atoms with Crippen LogP contribution in [-0.4, -0.2) is 38.1 Å². The maximum atomic E-state index is 12.0. The van der Waals surface area contributed by atoms with Crippen molar-refractivity contribution in [3.05, 3.63) is 60.3 Å². The highest BCUT2D eigenvalue weighted by atomic mass is 16.1. The lowest BCUT2D eigenvalue weighted by atomic mass is 10.1. The molecule has 3 aromatic rings. The van der Waals surface area contributed by atoms with Gasteiger partial charge < -0.3 is 20.5 Å². The minimum absolute atomic E-state index is 0.0715. The summed E-state index contributed by atoms with van der Waals surface area (Å²) < 4.78 is 0. The molecule has 3 rings (SSSR count). The highest BCUT2D eigenvalue weighted by Gasteiger charge is 2.05. The molecule has 0 aliphatic carbocycles. The van der Waals surface area contributed by atoms with Crippen LogP contribution < -0.4 is 15.5 Å². The normalized spacial score (nSPS) is 10.7. The third-order valence-electron chi connectivity index (χ3n) is 4.46. The standard InChI is InChI=1S/C21H26N4O/c1-25(2)18-9-7-17(8-10-18)22-14-12-21(26)23-13-11-16-15-24-20-6-4-3-5-19(16)20/h3-10,15,22,24H,11-14H2,1-2H3,(H,23,26). The molecule has 1 aromatic heterocycles. The Kier molecular flexibility index (Phi) is 5.79. The molecular weight excluding hydrogens is 324 g/mol. The number of aromatic amines is 1. The largest absolute Gasteiger partial charge is 0.385 e. The Morgan fingerprint density at radius 2 is 1.81 bits per heavy atom. The second kappa shape index (κ2) is 8.43. The summed E-state index contributed by atoms with van der Waals surface area (Å²) in [5, 5.41) is 7.51. The van der Waals surface area contributed by atoms with Gasteiger partial charge in [-0.15, -0.1) is 0 Å². The fourth-order valence-electron chi connectivity index (χ4n) is 2.96. The van der Waals surface area contributed by atoms with Crippen molar-refractivity contribution in [2.75, 3.05) is 37.4 Å². The molecule has 3 N–H and O–H groups in total. The molecule has 5 heteroatoms. The smallest absolute Gasteiger partial charge is 0.221 e. The van der Waals surface area contributed by atoms with E-state index < -0.39 is 0 Å². The third kappa shape index (κ3) is 4.57. The van der Waals surface area contributed by atoms with Crippen molar-refractivity contribution >= 4 is 28.2 Å². The Balaban J connectivity index is 1.38. The first-order valence-electron chi connectivity index (χ1n) is 8.96. The lowest BCUT2D eigenvalue weighted by Gasteiger charge is -2.13. The quantitative estimate of drug-likeness (QED) is 0.584. The molecule has 0 bridgehead atoms. The number of nitrogens with one attached hydrogen (secondary N) is 3. The lowest BCUT2D eigenvalue weighted by Crippen LogP contribution is -2.27. The molecule has 0 aliphatic rings. The van der Waals surface area contributed by atoms with Gasteiger partial charge in [-0.3, -0.25) is 4.79 Å². The van der Waals surface area contributed by atoms with Gasteiger partial charge in [-0.2, -0.15) is 0 Å². The van der Waals surface area contributed by atoms with Crippen LogP contribution in [0.5, 0.6) is 0 Å². The van der Waals surface area contributed by atoms with Crippen LogP contribution in [0.3, 0.4) is 0 Å². The van der Waals surface area contributed by atoms with E-state index in [9.17, 15) is 4.79 Å². The summed E-state index contributed by atoms with van der Waals surface area (Å²) in [5.41, 5.74) is 4.56. The molecule has 2 aromatic carbocycles. The Labute approximate surface area is 154 Å². The molecule has 0 aliphatic heterocycles. The second-order valence-corrected chi connectivity index (χ2v) is 6.58. The van der Waals surface area contributed by atoms with E-state index in [4.69, 9.17) is 0 Å². The van der Waals surface area contributed by atoms with Gasteiger partial charge in [-0.1, -0.05) is 18.2 Å². The summed E-state index contributed by atoms with van der Waals surface area (Å²) in [6, 6.07) is 16.4. The van der Waals surface area contributed by atoms with Crippen LogP contribution >= 0.6 is 0 Å². The van der Waals surface area contributed by atoms with Crippen molar-refractivity contribution in [1.29, 1.82) is 0 Å². The second-order valence-electron chi connectivity index (χ2n) is 6.58. The highest BCUT2D eigenvalue weighted by Crippen LogP contribution is 2.18. The maximum Gasteiger partial charge on any atom is 0.221 e. The Bertz CT molecular complexity index is 852.